The van der Waals surface area contributed by atoms with Crippen molar-refractivity contribution in [3.8, 4) is 6.07 Å². The maximum atomic E-state index is 14.1. The van der Waals surface area contributed by atoms with E-state index in [1.165, 1.54) is 18.2 Å². The number of hydrogen-bond acceptors (Lipinski definition) is 3. The number of hydrogen-bond donors (Lipinski definition) is 2. The number of nitrogens with one attached hydrogen (secondary N) is 2. The minimum atomic E-state index is -1.09. The lowest BCUT2D eigenvalue weighted by atomic mass is 10.2. The number of nitriles is 1. The zero-order valence-electron chi connectivity index (χ0n) is 12.6. The van der Waals surface area contributed by atoms with Crippen molar-refractivity contribution in [2.45, 2.75) is 19.8 Å². The maximum absolute atomic E-state index is 14.1. The predicted octanol–water partition coefficient (Wildman–Crippen LogP) is 4.87. The Balaban J connectivity index is 2.28. The normalized spacial score (nSPS) is 10.2. The predicted molar refractivity (Wildman–Crippen MR) is 84.1 cm³/mol. The third-order valence-electron chi connectivity index (χ3n) is 3.26. The highest BCUT2D eigenvalue weighted by Gasteiger charge is 2.15. The Hall–Kier alpha value is -2.68. The fourth-order valence-electron chi connectivity index (χ4n) is 2.07. The van der Waals surface area contributed by atoms with Gasteiger partial charge in [-0.2, -0.15) is 5.26 Å². The van der Waals surface area contributed by atoms with Crippen LogP contribution in [0, 0.1) is 35.7 Å². The van der Waals surface area contributed by atoms with E-state index in [0.717, 1.165) is 11.6 Å². The summed E-state index contributed by atoms with van der Waals surface area (Å²) >= 11 is 0. The number of anilines is 3. The van der Waals surface area contributed by atoms with Gasteiger partial charge in [0.2, 0.25) is 0 Å². The van der Waals surface area contributed by atoms with E-state index in [1.54, 1.807) is 13.0 Å². The molecule has 3 nitrogen and oxygen atoms in total. The lowest BCUT2D eigenvalue weighted by Gasteiger charge is -2.15. The highest BCUT2D eigenvalue weighted by molar-refractivity contribution is 5.75. The molecule has 2 rings (SSSR count). The summed E-state index contributed by atoms with van der Waals surface area (Å²) in [5, 5.41) is 14.0. The molecule has 0 saturated carbocycles. The quantitative estimate of drug-likeness (QED) is 0.747. The Morgan fingerprint density at radius 2 is 1.78 bits per heavy atom. The lowest BCUT2D eigenvalue weighted by molar-refractivity contribution is 0.512. The van der Waals surface area contributed by atoms with Crippen LogP contribution in [0.1, 0.15) is 18.4 Å². The van der Waals surface area contributed by atoms with Crippen molar-refractivity contribution < 1.29 is 13.2 Å². The van der Waals surface area contributed by atoms with Gasteiger partial charge in [-0.15, -0.1) is 0 Å². The van der Waals surface area contributed by atoms with Crippen LogP contribution in [-0.2, 0) is 0 Å². The molecular weight excluding hydrogens is 303 g/mol. The molecule has 0 heterocycles. The fraction of sp³-hybridized carbons (Fsp3) is 0.235. The van der Waals surface area contributed by atoms with Gasteiger partial charge in [0.15, 0.2) is 11.6 Å². The Kier molecular flexibility index (Phi) is 5.47. The highest BCUT2D eigenvalue weighted by atomic mass is 19.2. The molecular formula is C17H16F3N3. The van der Waals surface area contributed by atoms with Crippen LogP contribution < -0.4 is 10.6 Å². The van der Waals surface area contributed by atoms with E-state index < -0.39 is 17.5 Å². The maximum Gasteiger partial charge on any atom is 0.184 e. The van der Waals surface area contributed by atoms with Crippen molar-refractivity contribution in [3.05, 3.63) is 53.3 Å². The second-order valence-electron chi connectivity index (χ2n) is 5.08. The van der Waals surface area contributed by atoms with Crippen molar-refractivity contribution in [3.63, 3.8) is 0 Å². The summed E-state index contributed by atoms with van der Waals surface area (Å²) < 4.78 is 41.5. The van der Waals surface area contributed by atoms with Gasteiger partial charge in [0.05, 0.1) is 17.4 Å². The minimum Gasteiger partial charge on any atom is -0.383 e. The largest absolute Gasteiger partial charge is 0.383 e. The highest BCUT2D eigenvalue weighted by Crippen LogP contribution is 2.31. The third-order valence-corrected chi connectivity index (χ3v) is 3.26. The molecule has 0 saturated heterocycles. The third kappa shape index (κ3) is 4.16. The van der Waals surface area contributed by atoms with Crippen LogP contribution in [0.3, 0.4) is 0 Å². The van der Waals surface area contributed by atoms with Gasteiger partial charge in [-0.3, -0.25) is 0 Å². The van der Waals surface area contributed by atoms with Gasteiger partial charge in [-0.25, -0.2) is 13.2 Å². The summed E-state index contributed by atoms with van der Waals surface area (Å²) in [5.41, 5.74) is 0.925. The molecule has 0 fully saturated rings. The first-order valence-electron chi connectivity index (χ1n) is 7.15. The SMILES string of the molecule is Cc1ccc(Nc2c(NCCCC#N)ccc(F)c2F)c(F)c1. The Morgan fingerprint density at radius 1 is 1.04 bits per heavy atom. The van der Waals surface area contributed by atoms with Gasteiger partial charge in [0.1, 0.15) is 11.5 Å². The van der Waals surface area contributed by atoms with Gasteiger partial charge >= 0.3 is 0 Å². The van der Waals surface area contributed by atoms with Crippen LogP contribution >= 0.6 is 0 Å². The standard InChI is InChI=1S/C17H16F3N3/c1-11-4-6-14(13(19)10-11)23-17-15(22-9-3-2-8-21)7-5-12(18)16(17)20/h4-7,10,22-23H,2-3,9H2,1H3. The molecule has 0 bridgehead atoms. The first-order chi connectivity index (χ1) is 11.0. The van der Waals surface area contributed by atoms with Crippen LogP contribution in [0.4, 0.5) is 30.2 Å². The average Bonchev–Trinajstić information content (AvgIpc) is 2.52. The molecule has 23 heavy (non-hydrogen) atoms. The average molecular weight is 319 g/mol. The number of benzene rings is 2. The molecule has 0 amide bonds. The topological polar surface area (TPSA) is 47.8 Å². The molecule has 2 aromatic carbocycles. The molecule has 0 aliphatic heterocycles. The molecule has 2 N–H and O–H groups in total. The van der Waals surface area contributed by atoms with Gasteiger partial charge in [0.25, 0.3) is 0 Å². The molecule has 6 heteroatoms. The monoisotopic (exact) mass is 319 g/mol. The Morgan fingerprint density at radius 3 is 2.48 bits per heavy atom. The number of halogens is 3. The van der Waals surface area contributed by atoms with Gasteiger partial charge in [-0.1, -0.05) is 6.07 Å². The van der Waals surface area contributed by atoms with Crippen LogP contribution in [-0.4, -0.2) is 6.54 Å². The molecule has 120 valence electrons. The fourth-order valence-corrected chi connectivity index (χ4v) is 2.07. The van der Waals surface area contributed by atoms with Gasteiger partial charge in [-0.05, 0) is 43.2 Å². The Bertz CT molecular complexity index is 739. The smallest absolute Gasteiger partial charge is 0.184 e. The summed E-state index contributed by atoms with van der Waals surface area (Å²) in [7, 11) is 0. The molecule has 0 atom stereocenters. The molecule has 0 aliphatic rings. The summed E-state index contributed by atoms with van der Waals surface area (Å²) in [6.45, 7) is 2.15. The van der Waals surface area contributed by atoms with E-state index in [9.17, 15) is 13.2 Å². The lowest BCUT2D eigenvalue weighted by Crippen LogP contribution is -2.07. The number of rotatable bonds is 6. The van der Waals surface area contributed by atoms with Crippen molar-refractivity contribution in [2.75, 3.05) is 17.2 Å². The van der Waals surface area contributed by atoms with Crippen LogP contribution in [0.5, 0.6) is 0 Å². The molecule has 0 spiro atoms. The second-order valence-corrected chi connectivity index (χ2v) is 5.08. The number of nitrogens with zero attached hydrogens (tertiary/aromatic N) is 1. The molecule has 0 aliphatic carbocycles. The summed E-state index contributed by atoms with van der Waals surface area (Å²) in [4.78, 5) is 0. The zero-order valence-corrected chi connectivity index (χ0v) is 12.6. The van der Waals surface area contributed by atoms with Crippen LogP contribution in [0.2, 0.25) is 0 Å². The molecule has 0 aromatic heterocycles. The van der Waals surface area contributed by atoms with Crippen molar-refractivity contribution in [1.82, 2.24) is 0 Å². The van der Waals surface area contributed by atoms with E-state index in [-0.39, 0.29) is 11.4 Å². The molecule has 0 radical (unpaired) electrons. The first kappa shape index (κ1) is 16.7. The minimum absolute atomic E-state index is 0.0557. The van der Waals surface area contributed by atoms with Crippen LogP contribution in [0.25, 0.3) is 0 Å². The first-order valence-corrected chi connectivity index (χ1v) is 7.15. The van der Waals surface area contributed by atoms with Crippen molar-refractivity contribution >= 4 is 17.1 Å². The van der Waals surface area contributed by atoms with Crippen molar-refractivity contribution in [1.29, 1.82) is 5.26 Å². The van der Waals surface area contributed by atoms with E-state index in [2.05, 4.69) is 10.6 Å². The number of aryl methyl sites for hydroxylation is 1. The number of unbranched alkanes of at least 4 members (excludes halogenated alkanes) is 1. The summed E-state index contributed by atoms with van der Waals surface area (Å²) in [6.07, 6.45) is 0.917. The molecule has 2 aromatic rings. The second kappa shape index (κ2) is 7.54. The van der Waals surface area contributed by atoms with E-state index in [4.69, 9.17) is 5.26 Å². The Labute approximate surface area is 132 Å². The summed E-state index contributed by atoms with van der Waals surface area (Å²) in [5.74, 6) is -2.66. The summed E-state index contributed by atoms with van der Waals surface area (Å²) in [6, 6.07) is 8.82. The van der Waals surface area contributed by atoms with E-state index in [1.807, 2.05) is 6.07 Å². The van der Waals surface area contributed by atoms with Crippen LogP contribution in [0.15, 0.2) is 30.3 Å². The van der Waals surface area contributed by atoms with E-state index >= 15 is 0 Å². The zero-order chi connectivity index (χ0) is 16.8. The van der Waals surface area contributed by atoms with Gasteiger partial charge in [0, 0.05) is 13.0 Å². The van der Waals surface area contributed by atoms with Crippen molar-refractivity contribution in [2.24, 2.45) is 0 Å². The molecule has 0 unspecified atom stereocenters. The van der Waals surface area contributed by atoms with Gasteiger partial charge < -0.3 is 10.6 Å². The van der Waals surface area contributed by atoms with E-state index in [0.29, 0.717) is 25.1 Å².